The predicted octanol–water partition coefficient (Wildman–Crippen LogP) is 3.27. The first-order valence-corrected chi connectivity index (χ1v) is 10.6. The molecule has 1 aromatic heterocycles. The Morgan fingerprint density at radius 3 is 2.39 bits per heavy atom. The number of ether oxygens (including phenoxy) is 2. The standard InChI is InChI=1S/C23H22BrN3O4/c1-30-20-11-16-9-10-26(13-17(16)12-21(20)31-2)23(29)14-27-22(28)8-7-19(25-27)15-3-5-18(24)6-4-15/h3-8,11-12H,9-10,13-14H2,1-2H3. The molecule has 0 unspecified atom stereocenters. The summed E-state index contributed by atoms with van der Waals surface area (Å²) < 4.78 is 12.9. The van der Waals surface area contributed by atoms with E-state index in [1.165, 1.54) is 10.7 Å². The van der Waals surface area contributed by atoms with E-state index in [1.807, 2.05) is 36.4 Å². The molecular formula is C23H22BrN3O4. The van der Waals surface area contributed by atoms with Gasteiger partial charge in [0.1, 0.15) is 6.54 Å². The molecule has 1 aliphatic heterocycles. The lowest BCUT2D eigenvalue weighted by molar-refractivity contribution is -0.133. The fraction of sp³-hybridized carbons (Fsp3) is 0.261. The molecule has 0 radical (unpaired) electrons. The molecular weight excluding hydrogens is 462 g/mol. The Hall–Kier alpha value is -3.13. The van der Waals surface area contributed by atoms with Gasteiger partial charge in [-0.05, 0) is 47.9 Å². The van der Waals surface area contributed by atoms with Gasteiger partial charge in [0.2, 0.25) is 5.91 Å². The van der Waals surface area contributed by atoms with E-state index in [0.29, 0.717) is 36.7 Å². The molecule has 8 heteroatoms. The SMILES string of the molecule is COc1cc2c(cc1OC)CN(C(=O)Cn1nc(-c3ccc(Br)cc3)ccc1=O)CC2. The summed E-state index contributed by atoms with van der Waals surface area (Å²) in [6, 6.07) is 14.6. The number of carbonyl (C=O) groups excluding carboxylic acids is 1. The Labute approximate surface area is 188 Å². The molecule has 31 heavy (non-hydrogen) atoms. The van der Waals surface area contributed by atoms with E-state index in [9.17, 15) is 9.59 Å². The number of hydrogen-bond acceptors (Lipinski definition) is 5. The highest BCUT2D eigenvalue weighted by Gasteiger charge is 2.23. The van der Waals surface area contributed by atoms with E-state index >= 15 is 0 Å². The maximum absolute atomic E-state index is 13.0. The van der Waals surface area contributed by atoms with Gasteiger partial charge in [-0.3, -0.25) is 9.59 Å². The minimum Gasteiger partial charge on any atom is -0.493 e. The zero-order chi connectivity index (χ0) is 22.0. The van der Waals surface area contributed by atoms with Crippen LogP contribution >= 0.6 is 15.9 Å². The Balaban J connectivity index is 1.53. The molecule has 0 bridgehead atoms. The summed E-state index contributed by atoms with van der Waals surface area (Å²) in [6.07, 6.45) is 0.711. The van der Waals surface area contributed by atoms with Gasteiger partial charge in [0.15, 0.2) is 11.5 Å². The van der Waals surface area contributed by atoms with Crippen molar-refractivity contribution in [3.05, 3.63) is 74.5 Å². The topological polar surface area (TPSA) is 73.7 Å². The lowest BCUT2D eigenvalue weighted by atomic mass is 9.98. The number of aromatic nitrogens is 2. The molecule has 0 atom stereocenters. The van der Waals surface area contributed by atoms with Crippen LogP contribution in [0.25, 0.3) is 11.3 Å². The fourth-order valence-electron chi connectivity index (χ4n) is 3.66. The molecule has 2 aromatic carbocycles. The first kappa shape index (κ1) is 21.1. The second-order valence-electron chi connectivity index (χ2n) is 7.26. The van der Waals surface area contributed by atoms with Crippen molar-refractivity contribution < 1.29 is 14.3 Å². The molecule has 1 amide bonds. The Bertz CT molecular complexity index is 1170. The fourth-order valence-corrected chi connectivity index (χ4v) is 3.93. The van der Waals surface area contributed by atoms with Crippen LogP contribution in [-0.2, 0) is 24.3 Å². The Morgan fingerprint density at radius 2 is 1.71 bits per heavy atom. The van der Waals surface area contributed by atoms with Crippen LogP contribution in [-0.4, -0.2) is 41.4 Å². The van der Waals surface area contributed by atoms with Gasteiger partial charge in [-0.25, -0.2) is 4.68 Å². The maximum Gasteiger partial charge on any atom is 0.267 e. The van der Waals surface area contributed by atoms with Crippen molar-refractivity contribution in [3.8, 4) is 22.8 Å². The number of benzene rings is 2. The second kappa shape index (κ2) is 8.93. The normalized spacial score (nSPS) is 12.9. The lowest BCUT2D eigenvalue weighted by Crippen LogP contribution is -2.40. The van der Waals surface area contributed by atoms with Crippen LogP contribution in [0.2, 0.25) is 0 Å². The summed E-state index contributed by atoms with van der Waals surface area (Å²) in [5.74, 6) is 1.17. The van der Waals surface area contributed by atoms with Crippen molar-refractivity contribution in [2.75, 3.05) is 20.8 Å². The first-order chi connectivity index (χ1) is 15.0. The molecule has 0 aliphatic carbocycles. The van der Waals surface area contributed by atoms with Gasteiger partial charge in [0, 0.05) is 29.2 Å². The van der Waals surface area contributed by atoms with Crippen molar-refractivity contribution in [3.63, 3.8) is 0 Å². The third kappa shape index (κ3) is 4.49. The van der Waals surface area contributed by atoms with Crippen molar-refractivity contribution >= 4 is 21.8 Å². The lowest BCUT2D eigenvalue weighted by Gasteiger charge is -2.29. The smallest absolute Gasteiger partial charge is 0.267 e. The highest BCUT2D eigenvalue weighted by atomic mass is 79.9. The highest BCUT2D eigenvalue weighted by Crippen LogP contribution is 2.33. The van der Waals surface area contributed by atoms with Gasteiger partial charge in [-0.15, -0.1) is 0 Å². The quantitative estimate of drug-likeness (QED) is 0.556. The average Bonchev–Trinajstić information content (AvgIpc) is 2.79. The third-order valence-corrected chi connectivity index (χ3v) is 5.89. The Kier molecular flexibility index (Phi) is 6.08. The summed E-state index contributed by atoms with van der Waals surface area (Å²) in [4.78, 5) is 27.0. The van der Waals surface area contributed by atoms with Crippen LogP contribution in [0.3, 0.4) is 0 Å². The van der Waals surface area contributed by atoms with E-state index < -0.39 is 0 Å². The first-order valence-electron chi connectivity index (χ1n) is 9.84. The molecule has 1 aliphatic rings. The number of carbonyl (C=O) groups is 1. The summed E-state index contributed by atoms with van der Waals surface area (Å²) in [5, 5.41) is 4.41. The zero-order valence-electron chi connectivity index (χ0n) is 17.3. The molecule has 0 N–H and O–H groups in total. The van der Waals surface area contributed by atoms with Crippen molar-refractivity contribution in [2.45, 2.75) is 19.5 Å². The number of methoxy groups -OCH3 is 2. The molecule has 0 saturated carbocycles. The van der Waals surface area contributed by atoms with Crippen LogP contribution in [0.4, 0.5) is 0 Å². The maximum atomic E-state index is 13.0. The van der Waals surface area contributed by atoms with Gasteiger partial charge < -0.3 is 14.4 Å². The van der Waals surface area contributed by atoms with Gasteiger partial charge in [0.25, 0.3) is 5.56 Å². The van der Waals surface area contributed by atoms with Crippen LogP contribution in [0.5, 0.6) is 11.5 Å². The Morgan fingerprint density at radius 1 is 1.03 bits per heavy atom. The van der Waals surface area contributed by atoms with E-state index in [4.69, 9.17) is 9.47 Å². The van der Waals surface area contributed by atoms with Crippen LogP contribution in [0.15, 0.2) is 57.8 Å². The summed E-state index contributed by atoms with van der Waals surface area (Å²) in [6.45, 7) is 0.921. The van der Waals surface area contributed by atoms with Gasteiger partial charge in [0.05, 0.1) is 19.9 Å². The monoisotopic (exact) mass is 483 g/mol. The van der Waals surface area contributed by atoms with E-state index in [0.717, 1.165) is 21.2 Å². The number of amides is 1. The molecule has 0 spiro atoms. The van der Waals surface area contributed by atoms with Gasteiger partial charge in [-0.1, -0.05) is 28.1 Å². The van der Waals surface area contributed by atoms with Crippen LogP contribution < -0.4 is 15.0 Å². The average molecular weight is 484 g/mol. The van der Waals surface area contributed by atoms with Crippen LogP contribution in [0, 0.1) is 0 Å². The second-order valence-corrected chi connectivity index (χ2v) is 8.18. The number of fused-ring (bicyclic) bond motifs is 1. The van der Waals surface area contributed by atoms with Gasteiger partial charge >= 0.3 is 0 Å². The molecule has 160 valence electrons. The molecule has 4 rings (SSSR count). The largest absolute Gasteiger partial charge is 0.493 e. The van der Waals surface area contributed by atoms with Crippen LogP contribution in [0.1, 0.15) is 11.1 Å². The van der Waals surface area contributed by atoms with E-state index in [-0.39, 0.29) is 18.0 Å². The summed E-state index contributed by atoms with van der Waals surface area (Å²) >= 11 is 3.41. The van der Waals surface area contributed by atoms with Crippen molar-refractivity contribution in [2.24, 2.45) is 0 Å². The third-order valence-electron chi connectivity index (χ3n) is 5.36. The molecule has 0 fully saturated rings. The predicted molar refractivity (Wildman–Crippen MR) is 120 cm³/mol. The number of hydrogen-bond donors (Lipinski definition) is 0. The molecule has 0 saturated heterocycles. The summed E-state index contributed by atoms with van der Waals surface area (Å²) in [5.41, 5.74) is 3.35. The van der Waals surface area contributed by atoms with E-state index in [1.54, 1.807) is 25.2 Å². The zero-order valence-corrected chi connectivity index (χ0v) is 18.9. The van der Waals surface area contributed by atoms with Gasteiger partial charge in [-0.2, -0.15) is 5.10 Å². The van der Waals surface area contributed by atoms with Crippen molar-refractivity contribution in [1.29, 1.82) is 0 Å². The highest BCUT2D eigenvalue weighted by molar-refractivity contribution is 9.10. The number of rotatable bonds is 5. The number of nitrogens with zero attached hydrogens (tertiary/aromatic N) is 3. The summed E-state index contributed by atoms with van der Waals surface area (Å²) in [7, 11) is 3.20. The van der Waals surface area contributed by atoms with E-state index in [2.05, 4.69) is 21.0 Å². The number of halogens is 1. The minimum absolute atomic E-state index is 0.105. The molecule has 7 nitrogen and oxygen atoms in total. The molecule has 2 heterocycles. The minimum atomic E-state index is -0.307. The van der Waals surface area contributed by atoms with Crippen molar-refractivity contribution in [1.82, 2.24) is 14.7 Å². The molecule has 3 aromatic rings.